The number of nitrogens with one attached hydrogen (secondary N) is 2. The lowest BCUT2D eigenvalue weighted by Crippen LogP contribution is -2.42. The van der Waals surface area contributed by atoms with Gasteiger partial charge in [0, 0.05) is 30.7 Å². The van der Waals surface area contributed by atoms with E-state index in [4.69, 9.17) is 0 Å². The molecule has 0 bridgehead atoms. The molecule has 0 spiro atoms. The lowest BCUT2D eigenvalue weighted by Gasteiger charge is -2.18. The van der Waals surface area contributed by atoms with Gasteiger partial charge in [0.25, 0.3) is 0 Å². The Bertz CT molecular complexity index is 633. The lowest BCUT2D eigenvalue weighted by atomic mass is 10.1. The van der Waals surface area contributed by atoms with Crippen LogP contribution in [0.25, 0.3) is 0 Å². The van der Waals surface area contributed by atoms with Gasteiger partial charge in [0.2, 0.25) is 0 Å². The summed E-state index contributed by atoms with van der Waals surface area (Å²) in [4.78, 5) is 5.60. The molecule has 0 saturated heterocycles. The summed E-state index contributed by atoms with van der Waals surface area (Å²) in [5, 5.41) is 13.4. The number of rotatable bonds is 5. The van der Waals surface area contributed by atoms with Crippen molar-refractivity contribution in [2.45, 2.75) is 39.8 Å². The maximum atomic E-state index is 4.48. The first-order valence-electron chi connectivity index (χ1n) is 7.50. The van der Waals surface area contributed by atoms with Crippen LogP contribution in [-0.2, 0) is 20.0 Å². The fraction of sp³-hybridized carbons (Fsp3) is 0.500. The minimum Gasteiger partial charge on any atom is -0.354 e. The minimum absolute atomic E-state index is 0. The Morgan fingerprint density at radius 3 is 2.70 bits per heavy atom. The molecule has 2 aromatic rings. The van der Waals surface area contributed by atoms with E-state index in [2.05, 4.69) is 59.0 Å². The molecule has 0 amide bonds. The van der Waals surface area contributed by atoms with Crippen molar-refractivity contribution in [2.24, 2.45) is 12.0 Å². The minimum atomic E-state index is 0. The molecule has 2 rings (SSSR count). The van der Waals surface area contributed by atoms with Gasteiger partial charge < -0.3 is 10.6 Å². The van der Waals surface area contributed by atoms with Gasteiger partial charge in [-0.3, -0.25) is 9.67 Å². The summed E-state index contributed by atoms with van der Waals surface area (Å²) in [5.74, 6) is 0.833. The Morgan fingerprint density at radius 1 is 1.43 bits per heavy atom. The van der Waals surface area contributed by atoms with E-state index in [-0.39, 0.29) is 30.0 Å². The van der Waals surface area contributed by atoms with Gasteiger partial charge in [-0.1, -0.05) is 6.07 Å². The molecular weight excluding hydrogens is 421 g/mol. The molecule has 0 saturated carbocycles. The number of aliphatic imine (C=N–C) groups is 1. The molecule has 0 aliphatic rings. The van der Waals surface area contributed by atoms with Crippen LogP contribution >= 0.6 is 35.3 Å². The van der Waals surface area contributed by atoms with Gasteiger partial charge in [-0.05, 0) is 44.2 Å². The lowest BCUT2D eigenvalue weighted by molar-refractivity contribution is 0.636. The zero-order valence-corrected chi connectivity index (χ0v) is 17.5. The molecule has 2 N–H and O–H groups in total. The van der Waals surface area contributed by atoms with Gasteiger partial charge in [-0.25, -0.2) is 0 Å². The monoisotopic (exact) mass is 447 g/mol. The molecule has 1 atom stereocenters. The second-order valence-electron chi connectivity index (χ2n) is 5.53. The molecule has 0 aliphatic heterocycles. The first-order chi connectivity index (χ1) is 10.5. The Kier molecular flexibility index (Phi) is 8.04. The topological polar surface area (TPSA) is 54.2 Å². The summed E-state index contributed by atoms with van der Waals surface area (Å²) < 4.78 is 1.95. The van der Waals surface area contributed by atoms with Crippen molar-refractivity contribution >= 4 is 41.3 Å². The van der Waals surface area contributed by atoms with Crippen LogP contribution in [0.4, 0.5) is 0 Å². The van der Waals surface area contributed by atoms with E-state index in [0.717, 1.165) is 24.6 Å². The number of aromatic nitrogens is 2. The van der Waals surface area contributed by atoms with Crippen LogP contribution in [0, 0.1) is 13.8 Å². The van der Waals surface area contributed by atoms with Crippen molar-refractivity contribution in [2.75, 3.05) is 7.05 Å². The number of thiophene rings is 1. The van der Waals surface area contributed by atoms with Gasteiger partial charge in [0.05, 0.1) is 12.2 Å². The van der Waals surface area contributed by atoms with E-state index >= 15 is 0 Å². The molecule has 0 aromatic carbocycles. The molecule has 2 aromatic heterocycles. The van der Waals surface area contributed by atoms with E-state index in [1.807, 2.05) is 11.7 Å². The normalized spacial score (nSPS) is 12.7. The van der Waals surface area contributed by atoms with Crippen LogP contribution in [0.15, 0.2) is 22.5 Å². The molecule has 23 heavy (non-hydrogen) atoms. The molecule has 1 unspecified atom stereocenters. The van der Waals surface area contributed by atoms with Gasteiger partial charge in [0.1, 0.15) is 0 Å². The number of halogens is 1. The van der Waals surface area contributed by atoms with E-state index in [0.29, 0.717) is 0 Å². The zero-order chi connectivity index (χ0) is 16.1. The van der Waals surface area contributed by atoms with Crippen molar-refractivity contribution in [3.05, 3.63) is 39.3 Å². The smallest absolute Gasteiger partial charge is 0.191 e. The third-order valence-corrected chi connectivity index (χ3v) is 4.66. The van der Waals surface area contributed by atoms with E-state index < -0.39 is 0 Å². The summed E-state index contributed by atoms with van der Waals surface area (Å²) in [6, 6.07) is 4.47. The molecule has 0 radical (unpaired) electrons. The summed E-state index contributed by atoms with van der Waals surface area (Å²) in [6.07, 6.45) is 0.936. The van der Waals surface area contributed by atoms with Crippen molar-refractivity contribution in [3.63, 3.8) is 0 Å². The van der Waals surface area contributed by atoms with Crippen LogP contribution in [-0.4, -0.2) is 28.8 Å². The fourth-order valence-electron chi connectivity index (χ4n) is 2.48. The molecule has 7 heteroatoms. The summed E-state index contributed by atoms with van der Waals surface area (Å²) >= 11 is 1.75. The predicted octanol–water partition coefficient (Wildman–Crippen LogP) is 3.01. The highest BCUT2D eigenvalue weighted by Gasteiger charge is 2.13. The van der Waals surface area contributed by atoms with Crippen LogP contribution in [0.5, 0.6) is 0 Å². The SMILES string of the molecule is CN=C(NCc1cccs1)NC(C)Cc1c(C)nn(C)c1C.I. The van der Waals surface area contributed by atoms with E-state index in [1.54, 1.807) is 18.4 Å². The van der Waals surface area contributed by atoms with Gasteiger partial charge in [-0.15, -0.1) is 35.3 Å². The zero-order valence-electron chi connectivity index (χ0n) is 14.4. The third-order valence-electron chi connectivity index (χ3n) is 3.79. The molecule has 0 aliphatic carbocycles. The number of hydrogen-bond acceptors (Lipinski definition) is 3. The van der Waals surface area contributed by atoms with E-state index in [9.17, 15) is 0 Å². The first-order valence-corrected chi connectivity index (χ1v) is 8.38. The highest BCUT2D eigenvalue weighted by atomic mass is 127. The maximum absolute atomic E-state index is 4.48. The van der Waals surface area contributed by atoms with Gasteiger partial charge in [0.15, 0.2) is 5.96 Å². The predicted molar refractivity (Wildman–Crippen MR) is 109 cm³/mol. The number of nitrogens with zero attached hydrogens (tertiary/aromatic N) is 3. The van der Waals surface area contributed by atoms with Crippen LogP contribution in [0.1, 0.15) is 28.8 Å². The van der Waals surface area contributed by atoms with E-state index in [1.165, 1.54) is 16.1 Å². The Hall–Kier alpha value is -1.09. The van der Waals surface area contributed by atoms with Crippen molar-refractivity contribution in [1.29, 1.82) is 0 Å². The largest absolute Gasteiger partial charge is 0.354 e. The highest BCUT2D eigenvalue weighted by Crippen LogP contribution is 2.14. The van der Waals surface area contributed by atoms with Crippen LogP contribution < -0.4 is 10.6 Å². The maximum Gasteiger partial charge on any atom is 0.191 e. The Balaban J connectivity index is 0.00000264. The average molecular weight is 447 g/mol. The Morgan fingerprint density at radius 2 is 2.17 bits per heavy atom. The molecular formula is C16H26IN5S. The fourth-order valence-corrected chi connectivity index (χ4v) is 3.13. The number of hydrogen-bond donors (Lipinski definition) is 2. The second kappa shape index (κ2) is 9.27. The van der Waals surface area contributed by atoms with Crippen molar-refractivity contribution in [1.82, 2.24) is 20.4 Å². The molecule has 2 heterocycles. The number of guanidine groups is 1. The summed E-state index contributed by atoms with van der Waals surface area (Å²) in [7, 11) is 3.79. The number of aryl methyl sites for hydroxylation is 2. The molecule has 5 nitrogen and oxygen atoms in total. The summed E-state index contributed by atoms with van der Waals surface area (Å²) in [6.45, 7) is 7.16. The summed E-state index contributed by atoms with van der Waals surface area (Å²) in [5.41, 5.74) is 3.65. The second-order valence-corrected chi connectivity index (χ2v) is 6.56. The standard InChI is InChI=1S/C16H25N5S.HI/c1-11(9-15-12(2)20-21(5)13(15)3)19-16(17-4)18-10-14-7-6-8-22-14;/h6-8,11H,9-10H2,1-5H3,(H2,17,18,19);1H. The highest BCUT2D eigenvalue weighted by molar-refractivity contribution is 14.0. The van der Waals surface area contributed by atoms with Crippen LogP contribution in [0.3, 0.4) is 0 Å². The van der Waals surface area contributed by atoms with Crippen LogP contribution in [0.2, 0.25) is 0 Å². The Labute approximate surface area is 159 Å². The quantitative estimate of drug-likeness (QED) is 0.421. The van der Waals surface area contributed by atoms with Crippen molar-refractivity contribution in [3.8, 4) is 0 Å². The molecule has 0 fully saturated rings. The first kappa shape index (κ1) is 20.0. The third kappa shape index (κ3) is 5.49. The van der Waals surface area contributed by atoms with Crippen molar-refractivity contribution < 1.29 is 0 Å². The average Bonchev–Trinajstić information content (AvgIpc) is 3.08. The van der Waals surface area contributed by atoms with Gasteiger partial charge >= 0.3 is 0 Å². The molecule has 128 valence electrons. The van der Waals surface area contributed by atoms with Gasteiger partial charge in [-0.2, -0.15) is 5.10 Å².